The molecule has 4 nitrogen and oxygen atoms in total. The molecule has 0 bridgehead atoms. The fraction of sp³-hybridized carbons (Fsp3) is 0.250. The van der Waals surface area contributed by atoms with Crippen LogP contribution in [0.25, 0.3) is 0 Å². The summed E-state index contributed by atoms with van der Waals surface area (Å²) in [6.07, 6.45) is 3.96. The molecule has 0 aliphatic heterocycles. The molecule has 0 heterocycles. The number of hydrogen-bond acceptors (Lipinski definition) is 4. The van der Waals surface area contributed by atoms with Gasteiger partial charge >= 0.3 is 5.97 Å². The number of anilines is 1. The molecule has 0 unspecified atom stereocenters. The molecule has 0 radical (unpaired) electrons. The predicted octanol–water partition coefficient (Wildman–Crippen LogP) is 4.36. The standard InChI is InChI=1S/C20H23NO3/c1-3-24-20(22)15-9-13-17(16-10-5-4-6-11-16)21-18-12-7-8-14-19(18)23-2/h4-12,14-15,17,21H,3,13H2,1-2H3/b15-9+/t17-/m0/s1. The third-order valence-electron chi connectivity index (χ3n) is 3.55. The van der Waals surface area contributed by atoms with E-state index in [1.165, 1.54) is 6.08 Å². The largest absolute Gasteiger partial charge is 0.495 e. The highest BCUT2D eigenvalue weighted by molar-refractivity contribution is 5.81. The van der Waals surface area contributed by atoms with Gasteiger partial charge in [-0.05, 0) is 31.0 Å². The van der Waals surface area contributed by atoms with Crippen molar-refractivity contribution in [2.75, 3.05) is 19.0 Å². The normalized spacial score (nSPS) is 11.9. The number of carbonyl (C=O) groups excluding carboxylic acids is 1. The summed E-state index contributed by atoms with van der Waals surface area (Å²) in [4.78, 5) is 11.5. The van der Waals surface area contributed by atoms with Crippen LogP contribution in [0.3, 0.4) is 0 Å². The maximum atomic E-state index is 11.5. The minimum absolute atomic E-state index is 0.0215. The zero-order valence-corrected chi connectivity index (χ0v) is 14.1. The van der Waals surface area contributed by atoms with Gasteiger partial charge in [0, 0.05) is 6.08 Å². The first-order valence-electron chi connectivity index (χ1n) is 8.02. The van der Waals surface area contributed by atoms with Crippen LogP contribution in [0.4, 0.5) is 5.69 Å². The van der Waals surface area contributed by atoms with E-state index in [-0.39, 0.29) is 12.0 Å². The third kappa shape index (κ3) is 5.16. The Hall–Kier alpha value is -2.75. The van der Waals surface area contributed by atoms with Crippen LogP contribution in [0.2, 0.25) is 0 Å². The molecule has 0 aliphatic carbocycles. The van der Waals surface area contributed by atoms with Crippen LogP contribution in [-0.4, -0.2) is 19.7 Å². The molecule has 1 N–H and O–H groups in total. The number of esters is 1. The third-order valence-corrected chi connectivity index (χ3v) is 3.55. The van der Waals surface area contributed by atoms with Crippen molar-refractivity contribution >= 4 is 11.7 Å². The van der Waals surface area contributed by atoms with E-state index in [2.05, 4.69) is 17.4 Å². The van der Waals surface area contributed by atoms with Crippen LogP contribution in [0.1, 0.15) is 24.9 Å². The van der Waals surface area contributed by atoms with Gasteiger partial charge in [0.05, 0.1) is 25.4 Å². The Morgan fingerprint density at radius 1 is 1.12 bits per heavy atom. The zero-order chi connectivity index (χ0) is 17.2. The van der Waals surface area contributed by atoms with Crippen molar-refractivity contribution in [1.82, 2.24) is 0 Å². The van der Waals surface area contributed by atoms with Crippen LogP contribution in [-0.2, 0) is 9.53 Å². The Kier molecular flexibility index (Phi) is 6.90. The first kappa shape index (κ1) is 17.6. The number of hydrogen-bond donors (Lipinski definition) is 1. The molecule has 1 atom stereocenters. The van der Waals surface area contributed by atoms with Crippen molar-refractivity contribution in [1.29, 1.82) is 0 Å². The summed E-state index contributed by atoms with van der Waals surface area (Å²) in [6.45, 7) is 2.17. The maximum Gasteiger partial charge on any atom is 0.330 e. The molecule has 126 valence electrons. The van der Waals surface area contributed by atoms with Gasteiger partial charge < -0.3 is 14.8 Å². The van der Waals surface area contributed by atoms with Crippen molar-refractivity contribution in [2.45, 2.75) is 19.4 Å². The second-order valence-electron chi connectivity index (χ2n) is 5.20. The number of benzene rings is 2. The SMILES string of the molecule is CCOC(=O)/C=C/C[C@H](Nc1ccccc1OC)c1ccccc1. The monoisotopic (exact) mass is 325 g/mol. The fourth-order valence-electron chi connectivity index (χ4n) is 2.41. The lowest BCUT2D eigenvalue weighted by molar-refractivity contribution is -0.137. The number of rotatable bonds is 8. The van der Waals surface area contributed by atoms with Crippen molar-refractivity contribution in [3.63, 3.8) is 0 Å². The van der Waals surface area contributed by atoms with Crippen molar-refractivity contribution in [3.05, 3.63) is 72.3 Å². The molecule has 24 heavy (non-hydrogen) atoms. The second kappa shape index (κ2) is 9.40. The van der Waals surface area contributed by atoms with Gasteiger partial charge in [-0.25, -0.2) is 4.79 Å². The second-order valence-corrected chi connectivity index (χ2v) is 5.20. The number of nitrogens with one attached hydrogen (secondary N) is 1. The van der Waals surface area contributed by atoms with Gasteiger partial charge in [-0.15, -0.1) is 0 Å². The molecule has 0 aromatic heterocycles. The van der Waals surface area contributed by atoms with Gasteiger partial charge in [0.15, 0.2) is 0 Å². The van der Waals surface area contributed by atoms with Gasteiger partial charge in [0.1, 0.15) is 5.75 Å². The molecule has 0 saturated carbocycles. The molecule has 0 amide bonds. The van der Waals surface area contributed by atoms with Crippen LogP contribution >= 0.6 is 0 Å². The first-order chi connectivity index (χ1) is 11.7. The predicted molar refractivity (Wildman–Crippen MR) is 96.2 cm³/mol. The molecule has 0 saturated heterocycles. The zero-order valence-electron chi connectivity index (χ0n) is 14.1. The van der Waals surface area contributed by atoms with Crippen LogP contribution in [0.15, 0.2) is 66.7 Å². The van der Waals surface area contributed by atoms with Crippen LogP contribution < -0.4 is 10.1 Å². The topological polar surface area (TPSA) is 47.6 Å². The van der Waals surface area contributed by atoms with Crippen LogP contribution in [0, 0.1) is 0 Å². The number of carbonyl (C=O) groups is 1. The minimum Gasteiger partial charge on any atom is -0.495 e. The molecule has 4 heteroatoms. The van der Waals surface area contributed by atoms with Crippen molar-refractivity contribution in [3.8, 4) is 5.75 Å². The average Bonchev–Trinajstić information content (AvgIpc) is 2.62. The van der Waals surface area contributed by atoms with Gasteiger partial charge in [-0.1, -0.05) is 48.5 Å². The van der Waals surface area contributed by atoms with E-state index >= 15 is 0 Å². The summed E-state index contributed by atoms with van der Waals surface area (Å²) in [6, 6.07) is 17.9. The quantitative estimate of drug-likeness (QED) is 0.579. The summed E-state index contributed by atoms with van der Waals surface area (Å²) >= 11 is 0. The Morgan fingerprint density at radius 2 is 1.83 bits per heavy atom. The van der Waals surface area contributed by atoms with E-state index < -0.39 is 0 Å². The molecule has 2 aromatic rings. The van der Waals surface area contributed by atoms with Crippen LogP contribution in [0.5, 0.6) is 5.75 Å². The van der Waals surface area contributed by atoms with Crippen molar-refractivity contribution < 1.29 is 14.3 Å². The Bertz CT molecular complexity index is 668. The maximum absolute atomic E-state index is 11.5. The van der Waals surface area contributed by atoms with Gasteiger partial charge in [0.25, 0.3) is 0 Å². The number of methoxy groups -OCH3 is 1. The fourth-order valence-corrected chi connectivity index (χ4v) is 2.41. The molecular formula is C20H23NO3. The van der Waals surface area contributed by atoms with E-state index in [0.29, 0.717) is 13.0 Å². The lowest BCUT2D eigenvalue weighted by atomic mass is 10.0. The Morgan fingerprint density at radius 3 is 2.54 bits per heavy atom. The average molecular weight is 325 g/mol. The minimum atomic E-state index is -0.318. The summed E-state index contributed by atoms with van der Waals surface area (Å²) in [5, 5.41) is 3.49. The van der Waals surface area contributed by atoms with E-state index in [1.54, 1.807) is 14.0 Å². The lowest BCUT2D eigenvalue weighted by Gasteiger charge is -2.20. The summed E-state index contributed by atoms with van der Waals surface area (Å²) < 4.78 is 10.3. The van der Waals surface area contributed by atoms with E-state index in [1.807, 2.05) is 48.5 Å². The van der Waals surface area contributed by atoms with Gasteiger partial charge in [-0.2, -0.15) is 0 Å². The Labute approximate surface area is 143 Å². The molecule has 2 rings (SSSR count). The summed E-state index contributed by atoms with van der Waals surface area (Å²) in [7, 11) is 1.65. The van der Waals surface area contributed by atoms with E-state index in [0.717, 1.165) is 17.0 Å². The number of para-hydroxylation sites is 2. The highest BCUT2D eigenvalue weighted by atomic mass is 16.5. The molecule has 0 aliphatic rings. The molecule has 2 aromatic carbocycles. The Balaban J connectivity index is 2.16. The first-order valence-corrected chi connectivity index (χ1v) is 8.02. The smallest absolute Gasteiger partial charge is 0.330 e. The lowest BCUT2D eigenvalue weighted by Crippen LogP contribution is -2.11. The molecule has 0 spiro atoms. The highest BCUT2D eigenvalue weighted by Crippen LogP contribution is 2.29. The number of ether oxygens (including phenoxy) is 2. The van der Waals surface area contributed by atoms with E-state index in [9.17, 15) is 4.79 Å². The summed E-state index contributed by atoms with van der Waals surface area (Å²) in [5.41, 5.74) is 2.05. The molecular weight excluding hydrogens is 302 g/mol. The highest BCUT2D eigenvalue weighted by Gasteiger charge is 2.12. The van der Waals surface area contributed by atoms with Gasteiger partial charge in [-0.3, -0.25) is 0 Å². The molecule has 0 fully saturated rings. The summed E-state index contributed by atoms with van der Waals surface area (Å²) in [5.74, 6) is 0.467. The van der Waals surface area contributed by atoms with Crippen molar-refractivity contribution in [2.24, 2.45) is 0 Å². The van der Waals surface area contributed by atoms with Gasteiger partial charge in [0.2, 0.25) is 0 Å². The van der Waals surface area contributed by atoms with E-state index in [4.69, 9.17) is 9.47 Å².